The van der Waals surface area contributed by atoms with E-state index in [0.717, 1.165) is 4.88 Å². The third kappa shape index (κ3) is 3.56. The summed E-state index contributed by atoms with van der Waals surface area (Å²) >= 11 is 12.3. The van der Waals surface area contributed by atoms with Crippen LogP contribution in [-0.4, -0.2) is 13.4 Å². The Bertz CT molecular complexity index is 727. The van der Waals surface area contributed by atoms with Gasteiger partial charge in [0.1, 0.15) is 9.88 Å². The molecule has 3 N–H and O–H groups in total. The highest BCUT2D eigenvalue weighted by Crippen LogP contribution is 2.23. The molecule has 106 valence electrons. The fraction of sp³-hybridized carbons (Fsp3) is 0.0833. The summed E-state index contributed by atoms with van der Waals surface area (Å²) in [6.07, 6.45) is 0. The molecule has 0 fully saturated rings. The molecule has 0 aliphatic carbocycles. The summed E-state index contributed by atoms with van der Waals surface area (Å²) in [7, 11) is -3.71. The SMILES string of the molecule is NC(=S)c1ccc(Cl)c(S(=O)(=O)NCc2cccs2)c1. The van der Waals surface area contributed by atoms with Gasteiger partial charge in [-0.15, -0.1) is 11.3 Å². The highest BCUT2D eigenvalue weighted by atomic mass is 35.5. The number of halogens is 1. The number of benzene rings is 1. The molecule has 1 aromatic heterocycles. The summed E-state index contributed by atoms with van der Waals surface area (Å²) in [5, 5.41) is 2.01. The second-order valence-corrected chi connectivity index (χ2v) is 7.53. The van der Waals surface area contributed by atoms with Crippen LogP contribution in [0.4, 0.5) is 0 Å². The average Bonchev–Trinajstić information content (AvgIpc) is 2.89. The van der Waals surface area contributed by atoms with Crippen molar-refractivity contribution < 1.29 is 8.42 Å². The largest absolute Gasteiger partial charge is 0.389 e. The Hall–Kier alpha value is -0.990. The smallest absolute Gasteiger partial charge is 0.242 e. The van der Waals surface area contributed by atoms with Crippen molar-refractivity contribution in [3.8, 4) is 0 Å². The maximum Gasteiger partial charge on any atom is 0.242 e. The van der Waals surface area contributed by atoms with Crippen LogP contribution in [0.1, 0.15) is 10.4 Å². The summed E-state index contributed by atoms with van der Waals surface area (Å²) in [5.41, 5.74) is 5.96. The minimum Gasteiger partial charge on any atom is -0.389 e. The molecule has 0 bridgehead atoms. The van der Waals surface area contributed by atoms with Crippen LogP contribution in [0.15, 0.2) is 40.6 Å². The molecular weight excluding hydrogens is 336 g/mol. The molecule has 0 atom stereocenters. The zero-order chi connectivity index (χ0) is 14.8. The van der Waals surface area contributed by atoms with Crippen molar-refractivity contribution >= 4 is 50.2 Å². The number of thiophene rings is 1. The molecule has 2 aromatic rings. The number of thiocarbonyl (C=S) groups is 1. The van der Waals surface area contributed by atoms with Crippen molar-refractivity contribution in [2.45, 2.75) is 11.4 Å². The van der Waals surface area contributed by atoms with Gasteiger partial charge in [0.2, 0.25) is 10.0 Å². The molecular formula is C12H11ClN2O2S3. The van der Waals surface area contributed by atoms with Gasteiger partial charge in [-0.2, -0.15) is 0 Å². The van der Waals surface area contributed by atoms with E-state index in [1.165, 1.54) is 23.5 Å². The van der Waals surface area contributed by atoms with Crippen molar-refractivity contribution in [3.05, 3.63) is 51.2 Å². The number of hydrogen-bond acceptors (Lipinski definition) is 4. The highest BCUT2D eigenvalue weighted by molar-refractivity contribution is 7.89. The van der Waals surface area contributed by atoms with Gasteiger partial charge in [0.05, 0.1) is 5.02 Å². The Labute approximate surface area is 131 Å². The fourth-order valence-corrected chi connectivity index (χ4v) is 3.91. The van der Waals surface area contributed by atoms with Gasteiger partial charge < -0.3 is 5.73 Å². The van der Waals surface area contributed by atoms with E-state index < -0.39 is 10.0 Å². The molecule has 2 rings (SSSR count). The minimum absolute atomic E-state index is 0.0268. The molecule has 1 aromatic carbocycles. The minimum atomic E-state index is -3.71. The molecule has 0 saturated carbocycles. The third-order valence-electron chi connectivity index (χ3n) is 2.52. The average molecular weight is 347 g/mol. The van der Waals surface area contributed by atoms with E-state index in [0.29, 0.717) is 5.56 Å². The van der Waals surface area contributed by atoms with Gasteiger partial charge in [-0.05, 0) is 23.6 Å². The second-order valence-electron chi connectivity index (χ2n) is 3.91. The van der Waals surface area contributed by atoms with Crippen LogP contribution in [-0.2, 0) is 16.6 Å². The predicted molar refractivity (Wildman–Crippen MR) is 85.7 cm³/mol. The van der Waals surface area contributed by atoms with Gasteiger partial charge in [0, 0.05) is 17.0 Å². The maximum absolute atomic E-state index is 12.2. The molecule has 0 unspecified atom stereocenters. The van der Waals surface area contributed by atoms with Crippen molar-refractivity contribution in [2.24, 2.45) is 5.73 Å². The molecule has 8 heteroatoms. The van der Waals surface area contributed by atoms with Crippen molar-refractivity contribution in [1.29, 1.82) is 0 Å². The van der Waals surface area contributed by atoms with Crippen LogP contribution >= 0.6 is 35.2 Å². The molecule has 4 nitrogen and oxygen atoms in total. The van der Waals surface area contributed by atoms with E-state index in [2.05, 4.69) is 4.72 Å². The van der Waals surface area contributed by atoms with Gasteiger partial charge in [-0.3, -0.25) is 0 Å². The molecule has 0 spiro atoms. The Balaban J connectivity index is 2.28. The molecule has 0 saturated heterocycles. The summed E-state index contributed by atoms with van der Waals surface area (Å²) in [6, 6.07) is 8.13. The number of nitrogens with one attached hydrogen (secondary N) is 1. The number of sulfonamides is 1. The number of nitrogens with two attached hydrogens (primary N) is 1. The lowest BCUT2D eigenvalue weighted by molar-refractivity contribution is 0.582. The summed E-state index contributed by atoms with van der Waals surface area (Å²) in [5.74, 6) is 0. The molecule has 0 aliphatic heterocycles. The van der Waals surface area contributed by atoms with Gasteiger partial charge in [0.25, 0.3) is 0 Å². The Morgan fingerprint density at radius 1 is 1.40 bits per heavy atom. The predicted octanol–water partition coefficient (Wildman–Crippen LogP) is 2.51. The van der Waals surface area contributed by atoms with Gasteiger partial charge in [0.15, 0.2) is 0 Å². The molecule has 0 radical (unpaired) electrons. The highest BCUT2D eigenvalue weighted by Gasteiger charge is 2.19. The van der Waals surface area contributed by atoms with Crippen LogP contribution in [0.5, 0.6) is 0 Å². The first kappa shape index (κ1) is 15.4. The fourth-order valence-electron chi connectivity index (χ4n) is 1.52. The van der Waals surface area contributed by atoms with E-state index in [4.69, 9.17) is 29.6 Å². The van der Waals surface area contributed by atoms with Crippen LogP contribution in [0, 0.1) is 0 Å². The molecule has 0 amide bonds. The van der Waals surface area contributed by atoms with Gasteiger partial charge in [-0.25, -0.2) is 13.1 Å². The zero-order valence-corrected chi connectivity index (χ0v) is 13.4. The Kier molecular flexibility index (Phi) is 4.77. The lowest BCUT2D eigenvalue weighted by atomic mass is 10.2. The van der Waals surface area contributed by atoms with Gasteiger partial charge >= 0.3 is 0 Å². The Morgan fingerprint density at radius 2 is 2.15 bits per heavy atom. The first-order valence-corrected chi connectivity index (χ1v) is 8.66. The van der Waals surface area contributed by atoms with Crippen LogP contribution in [0.25, 0.3) is 0 Å². The third-order valence-corrected chi connectivity index (χ3v) is 5.52. The number of rotatable bonds is 5. The van der Waals surface area contributed by atoms with Crippen molar-refractivity contribution in [3.63, 3.8) is 0 Å². The molecule has 1 heterocycles. The Morgan fingerprint density at radius 3 is 2.75 bits per heavy atom. The van der Waals surface area contributed by atoms with Crippen molar-refractivity contribution in [2.75, 3.05) is 0 Å². The molecule has 20 heavy (non-hydrogen) atoms. The summed E-state index contributed by atoms with van der Waals surface area (Å²) in [4.78, 5) is 1.01. The van der Waals surface area contributed by atoms with Crippen molar-refractivity contribution in [1.82, 2.24) is 4.72 Å². The lowest BCUT2D eigenvalue weighted by Crippen LogP contribution is -2.23. The normalized spacial score (nSPS) is 11.4. The first-order chi connectivity index (χ1) is 9.40. The summed E-state index contributed by atoms with van der Waals surface area (Å²) in [6.45, 7) is 0.216. The van der Waals surface area contributed by atoms with Gasteiger partial charge in [-0.1, -0.05) is 36.0 Å². The van der Waals surface area contributed by atoms with E-state index in [9.17, 15) is 8.42 Å². The van der Waals surface area contributed by atoms with Crippen LogP contribution in [0.3, 0.4) is 0 Å². The topological polar surface area (TPSA) is 72.2 Å². The zero-order valence-electron chi connectivity index (χ0n) is 10.2. The van der Waals surface area contributed by atoms with E-state index in [-0.39, 0.29) is 21.5 Å². The van der Waals surface area contributed by atoms with E-state index in [1.807, 2.05) is 17.5 Å². The quantitative estimate of drug-likeness (QED) is 0.816. The number of hydrogen-bond donors (Lipinski definition) is 2. The monoisotopic (exact) mass is 346 g/mol. The standard InChI is InChI=1S/C12H11ClN2O2S3/c13-10-4-3-8(12(14)18)6-11(10)20(16,17)15-7-9-2-1-5-19-9/h1-6,15H,7H2,(H2,14,18). The molecule has 0 aliphatic rings. The van der Waals surface area contributed by atoms with E-state index >= 15 is 0 Å². The second kappa shape index (κ2) is 6.19. The maximum atomic E-state index is 12.2. The van der Waals surface area contributed by atoms with Crippen LogP contribution in [0.2, 0.25) is 5.02 Å². The van der Waals surface area contributed by atoms with Crippen LogP contribution < -0.4 is 10.5 Å². The summed E-state index contributed by atoms with van der Waals surface area (Å²) < 4.78 is 27.0. The van der Waals surface area contributed by atoms with E-state index in [1.54, 1.807) is 6.07 Å². The lowest BCUT2D eigenvalue weighted by Gasteiger charge is -2.09. The first-order valence-electron chi connectivity index (χ1n) is 5.51.